The van der Waals surface area contributed by atoms with E-state index in [0.29, 0.717) is 5.88 Å². The first-order valence-electron chi connectivity index (χ1n) is 3.72. The maximum absolute atomic E-state index is 8.26. The third-order valence-electron chi connectivity index (χ3n) is 1.34. The van der Waals surface area contributed by atoms with E-state index in [-0.39, 0.29) is 6.42 Å². The van der Waals surface area contributed by atoms with Crippen LogP contribution in [0.2, 0.25) is 0 Å². The first-order chi connectivity index (χ1) is 6.36. The molecule has 0 saturated carbocycles. The molecule has 1 heterocycles. The van der Waals surface area contributed by atoms with E-state index in [0.717, 1.165) is 5.56 Å². The second-order valence-corrected chi connectivity index (χ2v) is 2.22. The zero-order valence-electron chi connectivity index (χ0n) is 7.24. The van der Waals surface area contributed by atoms with E-state index in [1.54, 1.807) is 25.4 Å². The number of aromatic nitrogens is 1. The monoisotopic (exact) mass is 172 g/mol. The van der Waals surface area contributed by atoms with Crippen molar-refractivity contribution in [3.8, 4) is 23.8 Å². The van der Waals surface area contributed by atoms with Crippen LogP contribution in [0.25, 0.3) is 0 Å². The van der Waals surface area contributed by atoms with Crippen molar-refractivity contribution in [3.63, 3.8) is 0 Å². The SMILES string of the molecule is COc1cc(C#CCC#N)ccn1. The molecule has 0 aliphatic rings. The second kappa shape index (κ2) is 4.79. The number of hydrogen-bond acceptors (Lipinski definition) is 3. The number of hydrogen-bond donors (Lipinski definition) is 0. The predicted molar refractivity (Wildman–Crippen MR) is 47.9 cm³/mol. The summed E-state index contributed by atoms with van der Waals surface area (Å²) in [5.41, 5.74) is 0.808. The molecule has 0 aromatic carbocycles. The van der Waals surface area contributed by atoms with Crippen molar-refractivity contribution in [3.05, 3.63) is 23.9 Å². The molecule has 0 unspecified atom stereocenters. The molecule has 1 rings (SSSR count). The van der Waals surface area contributed by atoms with Crippen molar-refractivity contribution in [2.75, 3.05) is 7.11 Å². The van der Waals surface area contributed by atoms with Gasteiger partial charge in [-0.1, -0.05) is 11.8 Å². The molecule has 0 radical (unpaired) electrons. The average molecular weight is 172 g/mol. The quantitative estimate of drug-likeness (QED) is 0.601. The first-order valence-corrected chi connectivity index (χ1v) is 3.72. The van der Waals surface area contributed by atoms with Crippen LogP contribution in [0, 0.1) is 23.2 Å². The molecule has 0 fully saturated rings. The fourth-order valence-electron chi connectivity index (χ4n) is 0.785. The average Bonchev–Trinajstić information content (AvgIpc) is 2.19. The molecule has 1 aromatic rings. The summed E-state index contributed by atoms with van der Waals surface area (Å²) in [6.07, 6.45) is 1.86. The van der Waals surface area contributed by atoms with Crippen molar-refractivity contribution in [1.29, 1.82) is 5.26 Å². The topological polar surface area (TPSA) is 45.9 Å². The lowest BCUT2D eigenvalue weighted by atomic mass is 10.2. The van der Waals surface area contributed by atoms with Gasteiger partial charge in [-0.2, -0.15) is 5.26 Å². The van der Waals surface area contributed by atoms with Crippen molar-refractivity contribution in [2.45, 2.75) is 6.42 Å². The van der Waals surface area contributed by atoms with Gasteiger partial charge >= 0.3 is 0 Å². The van der Waals surface area contributed by atoms with Crippen LogP contribution in [0.4, 0.5) is 0 Å². The molecule has 64 valence electrons. The fraction of sp³-hybridized carbons (Fsp3) is 0.200. The van der Waals surface area contributed by atoms with Gasteiger partial charge in [0.1, 0.15) is 0 Å². The molecule has 0 aliphatic carbocycles. The molecule has 0 atom stereocenters. The van der Waals surface area contributed by atoms with Gasteiger partial charge in [-0.25, -0.2) is 4.98 Å². The van der Waals surface area contributed by atoms with Gasteiger partial charge in [-0.05, 0) is 6.07 Å². The highest BCUT2D eigenvalue weighted by atomic mass is 16.5. The Balaban J connectivity index is 2.80. The van der Waals surface area contributed by atoms with Crippen LogP contribution in [0.15, 0.2) is 18.3 Å². The summed E-state index contributed by atoms with van der Waals surface area (Å²) in [7, 11) is 1.55. The molecule has 0 saturated heterocycles. The van der Waals surface area contributed by atoms with Gasteiger partial charge in [0.15, 0.2) is 0 Å². The van der Waals surface area contributed by atoms with Gasteiger partial charge in [0.05, 0.1) is 19.6 Å². The van der Waals surface area contributed by atoms with Gasteiger partial charge in [0, 0.05) is 17.8 Å². The van der Waals surface area contributed by atoms with Gasteiger partial charge in [-0.15, -0.1) is 0 Å². The molecular formula is C10H8N2O. The van der Waals surface area contributed by atoms with E-state index < -0.39 is 0 Å². The standard InChI is InChI=1S/C10H8N2O/c1-13-10-8-9(5-7-12-10)4-2-3-6-11/h5,7-8H,3H2,1H3. The molecule has 0 N–H and O–H groups in total. The molecule has 0 amide bonds. The molecule has 3 nitrogen and oxygen atoms in total. The molecule has 0 spiro atoms. The lowest BCUT2D eigenvalue weighted by Gasteiger charge is -1.96. The van der Waals surface area contributed by atoms with Crippen molar-refractivity contribution >= 4 is 0 Å². The summed E-state index contributed by atoms with van der Waals surface area (Å²) in [6.45, 7) is 0. The number of methoxy groups -OCH3 is 1. The summed E-state index contributed by atoms with van der Waals surface area (Å²) in [4.78, 5) is 3.93. The Morgan fingerprint density at radius 1 is 1.62 bits per heavy atom. The van der Waals surface area contributed by atoms with E-state index in [4.69, 9.17) is 10.00 Å². The summed E-state index contributed by atoms with van der Waals surface area (Å²) in [6, 6.07) is 5.44. The fourth-order valence-corrected chi connectivity index (χ4v) is 0.785. The maximum atomic E-state index is 8.26. The Kier molecular flexibility index (Phi) is 3.35. The highest BCUT2D eigenvalue weighted by molar-refractivity contribution is 5.36. The van der Waals surface area contributed by atoms with Gasteiger partial charge < -0.3 is 4.74 Å². The second-order valence-electron chi connectivity index (χ2n) is 2.22. The van der Waals surface area contributed by atoms with Crippen LogP contribution >= 0.6 is 0 Å². The van der Waals surface area contributed by atoms with Crippen LogP contribution in [0.5, 0.6) is 5.88 Å². The van der Waals surface area contributed by atoms with Gasteiger partial charge in [0.25, 0.3) is 0 Å². The molecule has 0 bridgehead atoms. The Morgan fingerprint density at radius 3 is 3.15 bits per heavy atom. The minimum atomic E-state index is 0.241. The van der Waals surface area contributed by atoms with Crippen molar-refractivity contribution < 1.29 is 4.74 Å². The van der Waals surface area contributed by atoms with Crippen LogP contribution < -0.4 is 4.74 Å². The van der Waals surface area contributed by atoms with E-state index in [1.807, 2.05) is 6.07 Å². The van der Waals surface area contributed by atoms with E-state index >= 15 is 0 Å². The van der Waals surface area contributed by atoms with Crippen LogP contribution in [0.3, 0.4) is 0 Å². The number of rotatable bonds is 1. The lowest BCUT2D eigenvalue weighted by Crippen LogP contribution is -1.86. The summed E-state index contributed by atoms with van der Waals surface area (Å²) in [5.74, 6) is 6.07. The first kappa shape index (κ1) is 9.09. The highest BCUT2D eigenvalue weighted by Crippen LogP contribution is 2.06. The number of nitriles is 1. The van der Waals surface area contributed by atoms with Crippen molar-refractivity contribution in [1.82, 2.24) is 4.98 Å². The summed E-state index contributed by atoms with van der Waals surface area (Å²) >= 11 is 0. The van der Waals surface area contributed by atoms with Gasteiger partial charge in [-0.3, -0.25) is 0 Å². The largest absolute Gasteiger partial charge is 0.481 e. The Labute approximate surface area is 77.0 Å². The van der Waals surface area contributed by atoms with Crippen LogP contribution in [-0.4, -0.2) is 12.1 Å². The minimum absolute atomic E-state index is 0.241. The van der Waals surface area contributed by atoms with Crippen LogP contribution in [0.1, 0.15) is 12.0 Å². The van der Waals surface area contributed by atoms with Crippen molar-refractivity contribution in [2.24, 2.45) is 0 Å². The van der Waals surface area contributed by atoms with E-state index in [2.05, 4.69) is 16.8 Å². The number of ether oxygens (including phenoxy) is 1. The predicted octanol–water partition coefficient (Wildman–Crippen LogP) is 1.36. The molecule has 13 heavy (non-hydrogen) atoms. The Bertz CT molecular complexity index is 382. The van der Waals surface area contributed by atoms with Crippen LogP contribution in [-0.2, 0) is 0 Å². The van der Waals surface area contributed by atoms with E-state index in [9.17, 15) is 0 Å². The lowest BCUT2D eigenvalue weighted by molar-refractivity contribution is 0.398. The van der Waals surface area contributed by atoms with Gasteiger partial charge in [0.2, 0.25) is 5.88 Å². The third-order valence-corrected chi connectivity index (χ3v) is 1.34. The number of nitrogens with zero attached hydrogens (tertiary/aromatic N) is 2. The molecular weight excluding hydrogens is 164 g/mol. The Morgan fingerprint density at radius 2 is 2.46 bits per heavy atom. The molecule has 3 heteroatoms. The zero-order valence-corrected chi connectivity index (χ0v) is 7.24. The smallest absolute Gasteiger partial charge is 0.214 e. The third kappa shape index (κ3) is 2.84. The summed E-state index contributed by atoms with van der Waals surface area (Å²) in [5, 5.41) is 8.26. The summed E-state index contributed by atoms with van der Waals surface area (Å²) < 4.78 is 4.92. The zero-order chi connectivity index (χ0) is 9.52. The molecule has 1 aromatic heterocycles. The Hall–Kier alpha value is -2.00. The van der Waals surface area contributed by atoms with E-state index in [1.165, 1.54) is 0 Å². The number of pyridine rings is 1. The molecule has 0 aliphatic heterocycles. The highest BCUT2D eigenvalue weighted by Gasteiger charge is 1.91. The maximum Gasteiger partial charge on any atom is 0.214 e. The normalized spacial score (nSPS) is 8.00. The minimum Gasteiger partial charge on any atom is -0.481 e.